The fraction of sp³-hybridized carbons (Fsp3) is 0.267. The standard InChI is InChI=1S/C15H14BrNO4/c1-3-20-14(18)11-8-9-7-10(16)5-6-12(9)17-13(11)15(19)21-4-2/h5-8H,3-4H2,1-2H3. The van der Waals surface area contributed by atoms with Crippen LogP contribution in [0.3, 0.4) is 0 Å². The van der Waals surface area contributed by atoms with Gasteiger partial charge in [-0.1, -0.05) is 15.9 Å². The molecular weight excluding hydrogens is 338 g/mol. The van der Waals surface area contributed by atoms with Crippen molar-refractivity contribution in [1.29, 1.82) is 0 Å². The molecule has 0 aliphatic rings. The maximum atomic E-state index is 12.0. The Morgan fingerprint density at radius 2 is 1.76 bits per heavy atom. The normalized spacial score (nSPS) is 10.4. The van der Waals surface area contributed by atoms with Gasteiger partial charge >= 0.3 is 11.9 Å². The Labute approximate surface area is 130 Å². The van der Waals surface area contributed by atoms with Crippen molar-refractivity contribution in [3.05, 3.63) is 40.0 Å². The Morgan fingerprint density at radius 3 is 2.43 bits per heavy atom. The number of fused-ring (bicyclic) bond motifs is 1. The van der Waals surface area contributed by atoms with E-state index in [9.17, 15) is 9.59 Å². The van der Waals surface area contributed by atoms with E-state index in [1.165, 1.54) is 0 Å². The highest BCUT2D eigenvalue weighted by Gasteiger charge is 2.22. The molecule has 1 heterocycles. The number of aromatic nitrogens is 1. The molecule has 2 aromatic rings. The maximum absolute atomic E-state index is 12.0. The second-order valence-electron chi connectivity index (χ2n) is 4.16. The minimum Gasteiger partial charge on any atom is -0.462 e. The van der Waals surface area contributed by atoms with Crippen LogP contribution in [0.15, 0.2) is 28.7 Å². The predicted octanol–water partition coefficient (Wildman–Crippen LogP) is 3.35. The summed E-state index contributed by atoms with van der Waals surface area (Å²) < 4.78 is 10.8. The van der Waals surface area contributed by atoms with Gasteiger partial charge in [-0.2, -0.15) is 0 Å². The molecule has 0 amide bonds. The molecule has 0 bridgehead atoms. The Bertz CT molecular complexity index is 699. The first-order valence-electron chi connectivity index (χ1n) is 6.51. The number of halogens is 1. The van der Waals surface area contributed by atoms with Gasteiger partial charge in [0.2, 0.25) is 0 Å². The van der Waals surface area contributed by atoms with Crippen LogP contribution >= 0.6 is 15.9 Å². The van der Waals surface area contributed by atoms with Crippen LogP contribution in [0.1, 0.15) is 34.7 Å². The summed E-state index contributed by atoms with van der Waals surface area (Å²) in [5.74, 6) is -1.22. The fourth-order valence-electron chi connectivity index (χ4n) is 1.87. The lowest BCUT2D eigenvalue weighted by molar-refractivity contribution is 0.0474. The van der Waals surface area contributed by atoms with Crippen molar-refractivity contribution in [2.75, 3.05) is 13.2 Å². The van der Waals surface area contributed by atoms with Crippen molar-refractivity contribution < 1.29 is 19.1 Å². The molecule has 0 atom stereocenters. The summed E-state index contributed by atoms with van der Waals surface area (Å²) >= 11 is 3.36. The molecule has 0 saturated carbocycles. The number of esters is 2. The van der Waals surface area contributed by atoms with Crippen LogP contribution in [0, 0.1) is 0 Å². The second kappa shape index (κ2) is 6.67. The highest BCUT2D eigenvalue weighted by molar-refractivity contribution is 9.10. The van der Waals surface area contributed by atoms with Gasteiger partial charge in [0.15, 0.2) is 5.69 Å². The Balaban J connectivity index is 2.62. The van der Waals surface area contributed by atoms with Crippen LogP contribution in [0.4, 0.5) is 0 Å². The van der Waals surface area contributed by atoms with E-state index < -0.39 is 11.9 Å². The molecule has 0 N–H and O–H groups in total. The van der Waals surface area contributed by atoms with Crippen molar-refractivity contribution in [3.63, 3.8) is 0 Å². The summed E-state index contributed by atoms with van der Waals surface area (Å²) in [6.45, 7) is 3.83. The fourth-order valence-corrected chi connectivity index (χ4v) is 2.25. The molecule has 21 heavy (non-hydrogen) atoms. The van der Waals surface area contributed by atoms with Gasteiger partial charge in [0.25, 0.3) is 0 Å². The van der Waals surface area contributed by atoms with Crippen LogP contribution in [-0.2, 0) is 9.47 Å². The van der Waals surface area contributed by atoms with Crippen molar-refractivity contribution in [2.45, 2.75) is 13.8 Å². The largest absolute Gasteiger partial charge is 0.462 e. The van der Waals surface area contributed by atoms with Crippen LogP contribution < -0.4 is 0 Å². The number of rotatable bonds is 4. The lowest BCUT2D eigenvalue weighted by Gasteiger charge is -2.09. The summed E-state index contributed by atoms with van der Waals surface area (Å²) in [6.07, 6.45) is 0. The number of nitrogens with zero attached hydrogens (tertiary/aromatic N) is 1. The zero-order valence-corrected chi connectivity index (χ0v) is 13.3. The average Bonchev–Trinajstić information content (AvgIpc) is 2.46. The van der Waals surface area contributed by atoms with E-state index in [2.05, 4.69) is 20.9 Å². The number of hydrogen-bond donors (Lipinski definition) is 0. The lowest BCUT2D eigenvalue weighted by Crippen LogP contribution is -2.16. The highest BCUT2D eigenvalue weighted by atomic mass is 79.9. The first-order chi connectivity index (χ1) is 10.1. The van der Waals surface area contributed by atoms with E-state index in [0.717, 1.165) is 9.86 Å². The molecule has 0 radical (unpaired) electrons. The molecule has 1 aromatic carbocycles. The van der Waals surface area contributed by atoms with Gasteiger partial charge < -0.3 is 9.47 Å². The zero-order valence-electron chi connectivity index (χ0n) is 11.7. The molecule has 0 saturated heterocycles. The van der Waals surface area contributed by atoms with E-state index in [4.69, 9.17) is 9.47 Å². The summed E-state index contributed by atoms with van der Waals surface area (Å²) in [5.41, 5.74) is 0.695. The highest BCUT2D eigenvalue weighted by Crippen LogP contribution is 2.22. The molecule has 110 valence electrons. The van der Waals surface area contributed by atoms with E-state index >= 15 is 0 Å². The Hall–Kier alpha value is -1.95. The number of pyridine rings is 1. The van der Waals surface area contributed by atoms with Crippen molar-refractivity contribution >= 4 is 38.8 Å². The van der Waals surface area contributed by atoms with Crippen LogP contribution in [-0.4, -0.2) is 30.1 Å². The summed E-state index contributed by atoms with van der Waals surface area (Å²) in [7, 11) is 0. The predicted molar refractivity (Wildman–Crippen MR) is 81.4 cm³/mol. The third kappa shape index (κ3) is 3.39. The summed E-state index contributed by atoms with van der Waals surface area (Å²) in [4.78, 5) is 28.2. The molecule has 2 rings (SSSR count). The number of benzene rings is 1. The van der Waals surface area contributed by atoms with E-state index in [-0.39, 0.29) is 24.5 Å². The van der Waals surface area contributed by atoms with Gasteiger partial charge in [-0.25, -0.2) is 14.6 Å². The molecule has 6 heteroatoms. The lowest BCUT2D eigenvalue weighted by atomic mass is 10.1. The van der Waals surface area contributed by atoms with Gasteiger partial charge in [-0.05, 0) is 38.1 Å². The topological polar surface area (TPSA) is 65.5 Å². The molecule has 0 aliphatic carbocycles. The average molecular weight is 352 g/mol. The zero-order chi connectivity index (χ0) is 15.4. The number of carbonyl (C=O) groups is 2. The van der Waals surface area contributed by atoms with Gasteiger partial charge in [0, 0.05) is 9.86 Å². The molecule has 0 spiro atoms. The minimum atomic E-state index is -0.634. The van der Waals surface area contributed by atoms with E-state index in [1.807, 2.05) is 12.1 Å². The Kier molecular flexibility index (Phi) is 4.90. The van der Waals surface area contributed by atoms with Gasteiger partial charge in [-0.15, -0.1) is 0 Å². The van der Waals surface area contributed by atoms with Crippen LogP contribution in [0.2, 0.25) is 0 Å². The molecule has 1 aromatic heterocycles. The third-order valence-electron chi connectivity index (χ3n) is 2.74. The molecule has 0 fully saturated rings. The summed E-state index contributed by atoms with van der Waals surface area (Å²) in [6, 6.07) is 6.99. The monoisotopic (exact) mass is 351 g/mol. The van der Waals surface area contributed by atoms with Crippen LogP contribution in [0.5, 0.6) is 0 Å². The number of ether oxygens (including phenoxy) is 2. The van der Waals surface area contributed by atoms with E-state index in [0.29, 0.717) is 5.52 Å². The van der Waals surface area contributed by atoms with Crippen molar-refractivity contribution in [2.24, 2.45) is 0 Å². The first kappa shape index (κ1) is 15.4. The maximum Gasteiger partial charge on any atom is 0.357 e. The second-order valence-corrected chi connectivity index (χ2v) is 5.08. The minimum absolute atomic E-state index is 0.0230. The smallest absolute Gasteiger partial charge is 0.357 e. The third-order valence-corrected chi connectivity index (χ3v) is 3.23. The van der Waals surface area contributed by atoms with Gasteiger partial charge in [0.1, 0.15) is 0 Å². The molecule has 5 nitrogen and oxygen atoms in total. The number of hydrogen-bond acceptors (Lipinski definition) is 5. The molecule has 0 aliphatic heterocycles. The van der Waals surface area contributed by atoms with Crippen molar-refractivity contribution in [1.82, 2.24) is 4.98 Å². The van der Waals surface area contributed by atoms with Crippen LogP contribution in [0.25, 0.3) is 10.9 Å². The quantitative estimate of drug-likeness (QED) is 0.790. The number of carbonyl (C=O) groups excluding carboxylic acids is 2. The molecular formula is C15H14BrNO4. The summed E-state index contributed by atoms with van der Waals surface area (Å²) in [5, 5.41) is 0.737. The van der Waals surface area contributed by atoms with Gasteiger partial charge in [-0.3, -0.25) is 0 Å². The van der Waals surface area contributed by atoms with E-state index in [1.54, 1.807) is 26.0 Å². The molecule has 0 unspecified atom stereocenters. The van der Waals surface area contributed by atoms with Crippen molar-refractivity contribution in [3.8, 4) is 0 Å². The Morgan fingerprint density at radius 1 is 1.10 bits per heavy atom. The SMILES string of the molecule is CCOC(=O)c1cc2cc(Br)ccc2nc1C(=O)OCC. The van der Waals surface area contributed by atoms with Gasteiger partial charge in [0.05, 0.1) is 24.3 Å². The first-order valence-corrected chi connectivity index (χ1v) is 7.30.